The lowest BCUT2D eigenvalue weighted by atomic mass is 9.93. The largest absolute Gasteiger partial charge is 0.491 e. The van der Waals surface area contributed by atoms with Crippen molar-refractivity contribution in [2.24, 2.45) is 0 Å². The molecule has 1 aromatic carbocycles. The average Bonchev–Trinajstić information content (AvgIpc) is 2.80. The molecule has 1 aromatic rings. The first kappa shape index (κ1) is 14.4. The average molecular weight is 290 g/mol. The lowest BCUT2D eigenvalue weighted by Crippen LogP contribution is -2.35. The van der Waals surface area contributed by atoms with Crippen LogP contribution in [0, 0.1) is 0 Å². The van der Waals surface area contributed by atoms with Crippen LogP contribution in [0.5, 0.6) is 11.5 Å². The van der Waals surface area contributed by atoms with Gasteiger partial charge >= 0.3 is 0 Å². The summed E-state index contributed by atoms with van der Waals surface area (Å²) < 4.78 is 17.4. The van der Waals surface area contributed by atoms with Crippen molar-refractivity contribution in [3.8, 4) is 11.5 Å². The highest BCUT2D eigenvalue weighted by molar-refractivity contribution is 6.00. The fourth-order valence-electron chi connectivity index (χ4n) is 2.92. The molecule has 0 aromatic heterocycles. The van der Waals surface area contributed by atoms with Crippen molar-refractivity contribution in [3.63, 3.8) is 0 Å². The number of ketones is 1. The number of fused-ring (bicyclic) bond motifs is 1. The predicted molar refractivity (Wildman–Crippen MR) is 79.2 cm³/mol. The third kappa shape index (κ3) is 3.21. The molecule has 3 rings (SSSR count). The number of rotatable bonds is 3. The maximum absolute atomic E-state index is 12.1. The number of ether oxygens (including phenoxy) is 3. The van der Waals surface area contributed by atoms with Gasteiger partial charge in [-0.2, -0.15) is 0 Å². The fourth-order valence-corrected chi connectivity index (χ4v) is 2.92. The quantitative estimate of drug-likeness (QED) is 0.856. The van der Waals surface area contributed by atoms with Crippen LogP contribution < -0.4 is 9.47 Å². The van der Waals surface area contributed by atoms with Crippen LogP contribution in [0.25, 0.3) is 0 Å². The number of hydrogen-bond acceptors (Lipinski definition) is 4. The fraction of sp³-hybridized carbons (Fsp3) is 0.588. The zero-order chi connectivity index (χ0) is 15.0. The Morgan fingerprint density at radius 1 is 1.33 bits per heavy atom. The van der Waals surface area contributed by atoms with Gasteiger partial charge in [-0.1, -0.05) is 0 Å². The minimum atomic E-state index is -0.452. The minimum Gasteiger partial charge on any atom is -0.491 e. The number of benzene rings is 1. The van der Waals surface area contributed by atoms with Crippen LogP contribution in [0.1, 0.15) is 50.4 Å². The molecule has 0 N–H and O–H groups in total. The van der Waals surface area contributed by atoms with E-state index in [-0.39, 0.29) is 11.9 Å². The molecule has 21 heavy (non-hydrogen) atoms. The van der Waals surface area contributed by atoms with Gasteiger partial charge in [0.2, 0.25) is 0 Å². The maximum Gasteiger partial charge on any atom is 0.170 e. The highest BCUT2D eigenvalue weighted by Crippen LogP contribution is 2.35. The van der Waals surface area contributed by atoms with Crippen molar-refractivity contribution < 1.29 is 19.0 Å². The molecule has 0 bridgehead atoms. The summed E-state index contributed by atoms with van der Waals surface area (Å²) in [7, 11) is 0. The van der Waals surface area contributed by atoms with E-state index in [0.29, 0.717) is 30.4 Å². The zero-order valence-corrected chi connectivity index (χ0v) is 12.8. The van der Waals surface area contributed by atoms with Crippen LogP contribution in [-0.2, 0) is 4.74 Å². The van der Waals surface area contributed by atoms with Gasteiger partial charge in [-0.3, -0.25) is 4.79 Å². The van der Waals surface area contributed by atoms with Crippen molar-refractivity contribution in [1.82, 2.24) is 0 Å². The molecular formula is C17H22O4. The Bertz CT molecular complexity index is 550. The first-order chi connectivity index (χ1) is 9.93. The second-order valence-electron chi connectivity index (χ2n) is 6.58. The van der Waals surface area contributed by atoms with Gasteiger partial charge < -0.3 is 14.2 Å². The van der Waals surface area contributed by atoms with Crippen LogP contribution in [0.2, 0.25) is 0 Å². The van der Waals surface area contributed by atoms with Crippen molar-refractivity contribution in [2.75, 3.05) is 6.61 Å². The molecule has 4 heteroatoms. The summed E-state index contributed by atoms with van der Waals surface area (Å²) in [6.07, 6.45) is 3.02. The molecule has 4 nitrogen and oxygen atoms in total. The Balaban J connectivity index is 1.69. The third-order valence-electron chi connectivity index (χ3n) is 3.98. The predicted octanol–water partition coefficient (Wildman–Crippen LogP) is 3.38. The van der Waals surface area contributed by atoms with Crippen molar-refractivity contribution in [2.45, 2.75) is 57.8 Å². The number of carbonyl (C=O) groups excluding carboxylic acids is 1. The molecule has 1 saturated heterocycles. The van der Waals surface area contributed by atoms with E-state index < -0.39 is 5.60 Å². The summed E-state index contributed by atoms with van der Waals surface area (Å²) in [5, 5.41) is 0. The van der Waals surface area contributed by atoms with Crippen molar-refractivity contribution in [3.05, 3.63) is 23.8 Å². The molecule has 0 saturated carbocycles. The smallest absolute Gasteiger partial charge is 0.170 e. The number of carbonyl (C=O) groups is 1. The number of Topliss-reactive ketones (excluding diaryl/α,β-unsaturated/α-hetero) is 1. The Morgan fingerprint density at radius 3 is 2.86 bits per heavy atom. The van der Waals surface area contributed by atoms with Gasteiger partial charge in [0.25, 0.3) is 0 Å². The normalized spacial score (nSPS) is 27.1. The minimum absolute atomic E-state index is 0.126. The van der Waals surface area contributed by atoms with Gasteiger partial charge in [0.1, 0.15) is 23.7 Å². The van der Waals surface area contributed by atoms with E-state index in [9.17, 15) is 4.79 Å². The summed E-state index contributed by atoms with van der Waals surface area (Å²) in [5.41, 5.74) is 0.194. The Morgan fingerprint density at radius 2 is 2.14 bits per heavy atom. The monoisotopic (exact) mass is 290 g/mol. The second-order valence-corrected chi connectivity index (χ2v) is 6.58. The second kappa shape index (κ2) is 5.34. The molecule has 2 unspecified atom stereocenters. The molecule has 0 aliphatic carbocycles. The first-order valence-electron chi connectivity index (χ1n) is 7.57. The highest BCUT2D eigenvalue weighted by Gasteiger charge is 2.32. The van der Waals surface area contributed by atoms with Crippen LogP contribution in [0.4, 0.5) is 0 Å². The van der Waals surface area contributed by atoms with E-state index in [1.54, 1.807) is 6.07 Å². The molecule has 114 valence electrons. The van der Waals surface area contributed by atoms with Gasteiger partial charge in [0.05, 0.1) is 24.2 Å². The van der Waals surface area contributed by atoms with E-state index >= 15 is 0 Å². The molecule has 0 radical (unpaired) electrons. The molecule has 1 fully saturated rings. The molecule has 2 aliphatic rings. The SMILES string of the molecule is CC1CCC(COc2ccc3c(c2)OC(C)(C)CC3=O)O1. The van der Waals surface area contributed by atoms with Gasteiger partial charge in [-0.15, -0.1) is 0 Å². The molecular weight excluding hydrogens is 268 g/mol. The lowest BCUT2D eigenvalue weighted by Gasteiger charge is -2.31. The Kier molecular flexibility index (Phi) is 3.66. The lowest BCUT2D eigenvalue weighted by molar-refractivity contribution is 0.0261. The first-order valence-corrected chi connectivity index (χ1v) is 7.57. The van der Waals surface area contributed by atoms with E-state index in [1.807, 2.05) is 26.0 Å². The molecule has 2 heterocycles. The zero-order valence-electron chi connectivity index (χ0n) is 12.8. The molecule has 2 aliphatic heterocycles. The molecule has 2 atom stereocenters. The number of hydrogen-bond donors (Lipinski definition) is 0. The molecule has 0 spiro atoms. The molecule has 0 amide bonds. The third-order valence-corrected chi connectivity index (χ3v) is 3.98. The van der Waals surface area contributed by atoms with Crippen LogP contribution >= 0.6 is 0 Å². The van der Waals surface area contributed by atoms with E-state index in [0.717, 1.165) is 18.6 Å². The van der Waals surface area contributed by atoms with Gasteiger partial charge in [0.15, 0.2) is 5.78 Å². The Labute approximate surface area is 125 Å². The van der Waals surface area contributed by atoms with Crippen molar-refractivity contribution >= 4 is 5.78 Å². The maximum atomic E-state index is 12.1. The van der Waals surface area contributed by atoms with Gasteiger partial charge in [0, 0.05) is 6.07 Å². The Hall–Kier alpha value is -1.55. The van der Waals surface area contributed by atoms with Crippen molar-refractivity contribution in [1.29, 1.82) is 0 Å². The summed E-state index contributed by atoms with van der Waals surface area (Å²) >= 11 is 0. The highest BCUT2D eigenvalue weighted by atomic mass is 16.5. The summed E-state index contributed by atoms with van der Waals surface area (Å²) in [4.78, 5) is 12.1. The van der Waals surface area contributed by atoms with Crippen LogP contribution in [-0.4, -0.2) is 30.2 Å². The summed E-state index contributed by atoms with van der Waals surface area (Å²) in [6, 6.07) is 5.43. The van der Waals surface area contributed by atoms with E-state index in [4.69, 9.17) is 14.2 Å². The van der Waals surface area contributed by atoms with E-state index in [1.165, 1.54) is 0 Å². The van der Waals surface area contributed by atoms with Gasteiger partial charge in [-0.05, 0) is 45.7 Å². The van der Waals surface area contributed by atoms with Crippen LogP contribution in [0.3, 0.4) is 0 Å². The summed E-state index contributed by atoms with van der Waals surface area (Å²) in [5.74, 6) is 1.47. The van der Waals surface area contributed by atoms with Crippen LogP contribution in [0.15, 0.2) is 18.2 Å². The van der Waals surface area contributed by atoms with E-state index in [2.05, 4.69) is 6.92 Å². The summed E-state index contributed by atoms with van der Waals surface area (Å²) in [6.45, 7) is 6.48. The standard InChI is InChI=1S/C17H22O4/c1-11-4-5-13(20-11)10-19-12-6-7-14-15(18)9-17(2,3)21-16(14)8-12/h6-8,11,13H,4-5,9-10H2,1-3H3. The topological polar surface area (TPSA) is 44.8 Å². The van der Waals surface area contributed by atoms with Gasteiger partial charge in [-0.25, -0.2) is 0 Å².